The van der Waals surface area contributed by atoms with Crippen molar-refractivity contribution >= 4 is 28.6 Å². The quantitative estimate of drug-likeness (QED) is 0.669. The van der Waals surface area contributed by atoms with Crippen LogP contribution in [0.1, 0.15) is 24.0 Å². The fourth-order valence-corrected chi connectivity index (χ4v) is 2.70. The number of aromatic hydroxyl groups is 1. The molecule has 1 aliphatic carbocycles. The first-order valence-corrected chi connectivity index (χ1v) is 6.17. The van der Waals surface area contributed by atoms with Crippen molar-refractivity contribution in [3.05, 3.63) is 26.8 Å². The third-order valence-electron chi connectivity index (χ3n) is 3.13. The van der Waals surface area contributed by atoms with Crippen LogP contribution in [0.15, 0.2) is 12.1 Å². The summed E-state index contributed by atoms with van der Waals surface area (Å²) in [5.41, 5.74) is 1.31. The van der Waals surface area contributed by atoms with Gasteiger partial charge in [-0.3, -0.25) is 4.79 Å². The van der Waals surface area contributed by atoms with Crippen LogP contribution in [0.5, 0.6) is 5.75 Å². The van der Waals surface area contributed by atoms with Gasteiger partial charge in [0.15, 0.2) is 0 Å². The van der Waals surface area contributed by atoms with Gasteiger partial charge < -0.3 is 9.84 Å². The van der Waals surface area contributed by atoms with Crippen LogP contribution in [-0.4, -0.2) is 18.2 Å². The molecule has 2 rings (SSSR count). The topological polar surface area (TPSA) is 46.5 Å². The summed E-state index contributed by atoms with van der Waals surface area (Å²) in [5, 5.41) is 9.69. The molecule has 0 amide bonds. The lowest BCUT2D eigenvalue weighted by Crippen LogP contribution is -2.22. The summed E-state index contributed by atoms with van der Waals surface area (Å²) in [6, 6.07) is 3.74. The number of carbonyl (C=O) groups excluding carboxylic acids is 1. The molecule has 1 aliphatic rings. The number of hydrogen-bond acceptors (Lipinski definition) is 3. The van der Waals surface area contributed by atoms with E-state index in [4.69, 9.17) is 4.74 Å². The molecule has 0 spiro atoms. The van der Waals surface area contributed by atoms with Gasteiger partial charge in [0.2, 0.25) is 0 Å². The van der Waals surface area contributed by atoms with E-state index in [9.17, 15) is 9.90 Å². The van der Waals surface area contributed by atoms with Gasteiger partial charge >= 0.3 is 5.97 Å². The van der Waals surface area contributed by atoms with Gasteiger partial charge in [-0.15, -0.1) is 0 Å². The molecule has 0 unspecified atom stereocenters. The number of carbonyl (C=O) groups is 1. The Morgan fingerprint density at radius 2 is 2.12 bits per heavy atom. The number of phenols is 1. The summed E-state index contributed by atoms with van der Waals surface area (Å²) in [6.45, 7) is 1.84. The number of hydrogen-bond donors (Lipinski definition) is 1. The number of methoxy groups -OCH3 is 1. The maximum atomic E-state index is 11.7. The Kier molecular flexibility index (Phi) is 2.86. The molecule has 1 fully saturated rings. The van der Waals surface area contributed by atoms with E-state index in [1.54, 1.807) is 0 Å². The molecule has 0 saturated heterocycles. The highest BCUT2D eigenvalue weighted by Crippen LogP contribution is 2.50. The van der Waals surface area contributed by atoms with Gasteiger partial charge in [0, 0.05) is 0 Å². The minimum atomic E-state index is -0.451. The van der Waals surface area contributed by atoms with Crippen LogP contribution in [0.25, 0.3) is 0 Å². The van der Waals surface area contributed by atoms with Gasteiger partial charge in [0.25, 0.3) is 0 Å². The summed E-state index contributed by atoms with van der Waals surface area (Å²) in [7, 11) is 1.42. The van der Waals surface area contributed by atoms with Crippen LogP contribution >= 0.6 is 22.6 Å². The average Bonchev–Trinajstić information content (AvgIpc) is 3.05. The van der Waals surface area contributed by atoms with Crippen LogP contribution < -0.4 is 0 Å². The molecule has 0 bridgehead atoms. The van der Waals surface area contributed by atoms with E-state index in [2.05, 4.69) is 22.6 Å². The van der Waals surface area contributed by atoms with Crippen LogP contribution in [0, 0.1) is 10.5 Å². The van der Waals surface area contributed by atoms with E-state index in [1.165, 1.54) is 7.11 Å². The van der Waals surface area contributed by atoms with Gasteiger partial charge in [-0.1, -0.05) is 6.07 Å². The molecule has 4 heteroatoms. The SMILES string of the molecule is COC(=O)C1(c2cc(C)c(O)c(I)c2)CC1. The second-order valence-corrected chi connectivity index (χ2v) is 5.36. The molecule has 0 aromatic heterocycles. The van der Waals surface area contributed by atoms with Gasteiger partial charge in [0.1, 0.15) is 5.75 Å². The summed E-state index contributed by atoms with van der Waals surface area (Å²) >= 11 is 2.08. The largest absolute Gasteiger partial charge is 0.507 e. The molecule has 0 aliphatic heterocycles. The van der Waals surface area contributed by atoms with Crippen molar-refractivity contribution in [3.63, 3.8) is 0 Å². The third-order valence-corrected chi connectivity index (χ3v) is 3.96. The summed E-state index contributed by atoms with van der Waals surface area (Å²) in [4.78, 5) is 11.7. The van der Waals surface area contributed by atoms with Crippen molar-refractivity contribution < 1.29 is 14.6 Å². The predicted octanol–water partition coefficient (Wildman–Crippen LogP) is 2.51. The molecule has 0 radical (unpaired) electrons. The molecule has 0 atom stereocenters. The van der Waals surface area contributed by atoms with Gasteiger partial charge in [0.05, 0.1) is 16.1 Å². The highest BCUT2D eigenvalue weighted by atomic mass is 127. The highest BCUT2D eigenvalue weighted by Gasteiger charge is 2.52. The van der Waals surface area contributed by atoms with E-state index in [0.29, 0.717) is 5.75 Å². The van der Waals surface area contributed by atoms with Crippen molar-refractivity contribution in [3.8, 4) is 5.75 Å². The van der Waals surface area contributed by atoms with Crippen LogP contribution in [0.3, 0.4) is 0 Å². The minimum Gasteiger partial charge on any atom is -0.507 e. The molecular weight excluding hydrogens is 319 g/mol. The number of rotatable bonds is 2. The van der Waals surface area contributed by atoms with Crippen molar-refractivity contribution in [1.29, 1.82) is 0 Å². The van der Waals surface area contributed by atoms with E-state index in [0.717, 1.165) is 27.5 Å². The number of ether oxygens (including phenoxy) is 1. The van der Waals surface area contributed by atoms with Crippen molar-refractivity contribution in [2.75, 3.05) is 7.11 Å². The Hall–Kier alpha value is -0.780. The predicted molar refractivity (Wildman–Crippen MR) is 68.5 cm³/mol. The fraction of sp³-hybridized carbons (Fsp3) is 0.417. The minimum absolute atomic E-state index is 0.173. The molecular formula is C12H13IO3. The normalized spacial score (nSPS) is 16.9. The van der Waals surface area contributed by atoms with Crippen LogP contribution in [0.4, 0.5) is 0 Å². The molecule has 0 heterocycles. The molecule has 86 valence electrons. The summed E-state index contributed by atoms with van der Waals surface area (Å²) < 4.78 is 5.62. The Bertz CT molecular complexity index is 427. The number of halogens is 1. The smallest absolute Gasteiger partial charge is 0.316 e. The standard InChI is InChI=1S/C12H13IO3/c1-7-5-8(6-9(13)10(7)14)12(3-4-12)11(15)16-2/h5-6,14H,3-4H2,1-2H3. The zero-order valence-electron chi connectivity index (χ0n) is 9.21. The van der Waals surface area contributed by atoms with Crippen LogP contribution in [-0.2, 0) is 14.9 Å². The first-order valence-electron chi connectivity index (χ1n) is 5.09. The first-order chi connectivity index (χ1) is 7.51. The fourth-order valence-electron chi connectivity index (χ4n) is 1.94. The molecule has 3 nitrogen and oxygen atoms in total. The first kappa shape index (κ1) is 11.7. The van der Waals surface area contributed by atoms with Gasteiger partial charge in [-0.25, -0.2) is 0 Å². The Balaban J connectivity index is 2.46. The van der Waals surface area contributed by atoms with Crippen molar-refractivity contribution in [2.45, 2.75) is 25.2 Å². The number of phenolic OH excluding ortho intramolecular Hbond substituents is 1. The zero-order valence-corrected chi connectivity index (χ0v) is 11.4. The summed E-state index contributed by atoms with van der Waals surface area (Å²) in [5.74, 6) is 0.124. The lowest BCUT2D eigenvalue weighted by atomic mass is 9.94. The maximum Gasteiger partial charge on any atom is 0.316 e. The Morgan fingerprint density at radius 1 is 1.50 bits per heavy atom. The zero-order chi connectivity index (χ0) is 11.9. The summed E-state index contributed by atoms with van der Waals surface area (Å²) in [6.07, 6.45) is 1.67. The second kappa shape index (κ2) is 3.91. The van der Waals surface area contributed by atoms with E-state index in [-0.39, 0.29) is 5.97 Å². The average molecular weight is 332 g/mol. The maximum absolute atomic E-state index is 11.7. The lowest BCUT2D eigenvalue weighted by Gasteiger charge is -2.15. The van der Waals surface area contributed by atoms with E-state index >= 15 is 0 Å². The second-order valence-electron chi connectivity index (χ2n) is 4.20. The number of benzene rings is 1. The molecule has 1 aromatic rings. The lowest BCUT2D eigenvalue weighted by molar-refractivity contribution is -0.143. The Labute approximate surface area is 108 Å². The molecule has 1 saturated carbocycles. The molecule has 1 N–H and O–H groups in total. The van der Waals surface area contributed by atoms with Crippen LogP contribution in [0.2, 0.25) is 0 Å². The monoisotopic (exact) mass is 332 g/mol. The molecule has 1 aromatic carbocycles. The van der Waals surface area contributed by atoms with Gasteiger partial charge in [-0.2, -0.15) is 0 Å². The van der Waals surface area contributed by atoms with E-state index in [1.807, 2.05) is 19.1 Å². The Morgan fingerprint density at radius 3 is 2.56 bits per heavy atom. The number of aryl methyl sites for hydroxylation is 1. The highest BCUT2D eigenvalue weighted by molar-refractivity contribution is 14.1. The molecule has 16 heavy (non-hydrogen) atoms. The van der Waals surface area contributed by atoms with Gasteiger partial charge in [-0.05, 0) is 59.5 Å². The third kappa shape index (κ3) is 1.69. The number of esters is 1. The van der Waals surface area contributed by atoms with E-state index < -0.39 is 5.41 Å². The van der Waals surface area contributed by atoms with Crippen molar-refractivity contribution in [1.82, 2.24) is 0 Å². The van der Waals surface area contributed by atoms with Crippen molar-refractivity contribution in [2.24, 2.45) is 0 Å².